The van der Waals surface area contributed by atoms with E-state index in [2.05, 4.69) is 25.5 Å². The highest BCUT2D eigenvalue weighted by molar-refractivity contribution is 7.19. The van der Waals surface area contributed by atoms with Crippen LogP contribution >= 0.6 is 11.3 Å². The number of hydrogen-bond donors (Lipinski definition) is 1. The summed E-state index contributed by atoms with van der Waals surface area (Å²) in [5, 5.41) is 20.9. The topological polar surface area (TPSA) is 71.8 Å². The van der Waals surface area contributed by atoms with Gasteiger partial charge < -0.3 is 0 Å². The van der Waals surface area contributed by atoms with Crippen molar-refractivity contribution in [2.75, 3.05) is 0 Å². The first-order valence-corrected chi connectivity index (χ1v) is 6.93. The van der Waals surface area contributed by atoms with Crippen molar-refractivity contribution in [1.29, 1.82) is 0 Å². The van der Waals surface area contributed by atoms with Gasteiger partial charge in [0.05, 0.1) is 0 Å². The van der Waals surface area contributed by atoms with Gasteiger partial charge in [-0.1, -0.05) is 41.7 Å². The van der Waals surface area contributed by atoms with Gasteiger partial charge in [-0.25, -0.2) is 0 Å². The molecular formula is C13H10N6S. The van der Waals surface area contributed by atoms with Crippen LogP contribution in [0.25, 0.3) is 27.1 Å². The van der Waals surface area contributed by atoms with Gasteiger partial charge in [0.2, 0.25) is 10.8 Å². The van der Waals surface area contributed by atoms with E-state index >= 15 is 0 Å². The highest BCUT2D eigenvalue weighted by atomic mass is 32.1. The van der Waals surface area contributed by atoms with Crippen LogP contribution in [-0.4, -0.2) is 30.0 Å². The summed E-state index contributed by atoms with van der Waals surface area (Å²) in [5.74, 6) is 0.655. The second kappa shape index (κ2) is 4.24. The molecule has 0 radical (unpaired) electrons. The fourth-order valence-electron chi connectivity index (χ4n) is 2.01. The van der Waals surface area contributed by atoms with E-state index in [0.29, 0.717) is 5.82 Å². The molecule has 0 saturated carbocycles. The Bertz CT molecular complexity index is 873. The quantitative estimate of drug-likeness (QED) is 0.613. The van der Waals surface area contributed by atoms with Crippen molar-refractivity contribution in [3.63, 3.8) is 0 Å². The van der Waals surface area contributed by atoms with Gasteiger partial charge in [0, 0.05) is 11.3 Å². The highest BCUT2D eigenvalue weighted by Gasteiger charge is 2.15. The molecule has 3 heterocycles. The van der Waals surface area contributed by atoms with E-state index in [0.717, 1.165) is 26.9 Å². The molecule has 3 aromatic heterocycles. The number of aryl methyl sites for hydroxylation is 1. The SMILES string of the molecule is Cc1cc(-c2nnc3sc(-c4ccccc4)nn23)n[nH]1. The molecule has 7 heteroatoms. The number of rotatable bonds is 2. The Balaban J connectivity index is 1.87. The van der Waals surface area contributed by atoms with E-state index in [9.17, 15) is 0 Å². The predicted octanol–water partition coefficient (Wildman–Crippen LogP) is 2.55. The Hall–Kier alpha value is -2.54. The largest absolute Gasteiger partial charge is 0.282 e. The molecule has 20 heavy (non-hydrogen) atoms. The summed E-state index contributed by atoms with van der Waals surface area (Å²) in [4.78, 5) is 0.763. The fourth-order valence-corrected chi connectivity index (χ4v) is 2.85. The summed E-state index contributed by atoms with van der Waals surface area (Å²) >= 11 is 1.51. The van der Waals surface area contributed by atoms with Crippen LogP contribution in [0.4, 0.5) is 0 Å². The van der Waals surface area contributed by atoms with Crippen LogP contribution < -0.4 is 0 Å². The van der Waals surface area contributed by atoms with Crippen molar-refractivity contribution in [3.8, 4) is 22.1 Å². The van der Waals surface area contributed by atoms with Crippen LogP contribution in [0.15, 0.2) is 36.4 Å². The lowest BCUT2D eigenvalue weighted by atomic mass is 10.2. The molecule has 98 valence electrons. The van der Waals surface area contributed by atoms with Crippen LogP contribution in [0.3, 0.4) is 0 Å². The zero-order valence-electron chi connectivity index (χ0n) is 10.6. The lowest BCUT2D eigenvalue weighted by molar-refractivity contribution is 0.952. The summed E-state index contributed by atoms with van der Waals surface area (Å²) in [6.45, 7) is 1.95. The second-order valence-corrected chi connectivity index (χ2v) is 5.38. The van der Waals surface area contributed by atoms with Gasteiger partial charge >= 0.3 is 0 Å². The number of aromatic nitrogens is 6. The molecule has 0 spiro atoms. The Labute approximate surface area is 118 Å². The maximum absolute atomic E-state index is 4.58. The normalized spacial score (nSPS) is 11.2. The number of aromatic amines is 1. The van der Waals surface area contributed by atoms with E-state index < -0.39 is 0 Å². The number of H-pyrrole nitrogens is 1. The first-order chi connectivity index (χ1) is 9.81. The zero-order chi connectivity index (χ0) is 13.5. The summed E-state index contributed by atoms with van der Waals surface area (Å²) < 4.78 is 1.74. The molecule has 0 bridgehead atoms. The van der Waals surface area contributed by atoms with Gasteiger partial charge in [-0.15, -0.1) is 10.2 Å². The maximum atomic E-state index is 4.58. The van der Waals surface area contributed by atoms with E-state index in [1.807, 2.05) is 43.3 Å². The molecule has 4 rings (SSSR count). The van der Waals surface area contributed by atoms with E-state index in [1.54, 1.807) is 4.52 Å². The van der Waals surface area contributed by atoms with Gasteiger partial charge in [0.15, 0.2) is 0 Å². The van der Waals surface area contributed by atoms with Gasteiger partial charge in [-0.3, -0.25) is 5.10 Å². The fraction of sp³-hybridized carbons (Fsp3) is 0.0769. The molecule has 4 aromatic rings. The van der Waals surface area contributed by atoms with Crippen LogP contribution in [-0.2, 0) is 0 Å². The molecule has 0 amide bonds. The van der Waals surface area contributed by atoms with Gasteiger partial charge in [0.1, 0.15) is 10.7 Å². The summed E-state index contributed by atoms with van der Waals surface area (Å²) in [6, 6.07) is 12.0. The number of benzene rings is 1. The van der Waals surface area contributed by atoms with E-state index in [-0.39, 0.29) is 0 Å². The molecule has 0 aliphatic carbocycles. The Morgan fingerprint density at radius 1 is 1.15 bits per heavy atom. The number of hydrogen-bond acceptors (Lipinski definition) is 5. The standard InChI is InChI=1S/C13H10N6S/c1-8-7-10(15-14-8)11-16-17-13-19(11)18-12(20-13)9-5-3-2-4-6-9/h2-7H,1H3,(H,14,15). The Morgan fingerprint density at radius 3 is 2.75 bits per heavy atom. The number of fused-ring (bicyclic) bond motifs is 1. The molecule has 6 nitrogen and oxygen atoms in total. The van der Waals surface area contributed by atoms with Crippen molar-refractivity contribution >= 4 is 16.3 Å². The molecule has 0 aliphatic rings. The third-order valence-corrected chi connectivity index (χ3v) is 3.89. The Morgan fingerprint density at radius 2 is 2.00 bits per heavy atom. The molecule has 0 unspecified atom stereocenters. The van der Waals surface area contributed by atoms with Crippen LogP contribution in [0.2, 0.25) is 0 Å². The average Bonchev–Trinajstić information content (AvgIpc) is 3.14. The summed E-state index contributed by atoms with van der Waals surface area (Å²) in [7, 11) is 0. The average molecular weight is 282 g/mol. The molecule has 0 saturated heterocycles. The van der Waals surface area contributed by atoms with Gasteiger partial charge in [-0.05, 0) is 13.0 Å². The van der Waals surface area contributed by atoms with Crippen molar-refractivity contribution in [2.45, 2.75) is 6.92 Å². The smallest absolute Gasteiger partial charge is 0.235 e. The predicted molar refractivity (Wildman–Crippen MR) is 76.4 cm³/mol. The number of nitrogens with zero attached hydrogens (tertiary/aromatic N) is 5. The first-order valence-electron chi connectivity index (χ1n) is 6.11. The van der Waals surface area contributed by atoms with Gasteiger partial charge in [0.25, 0.3) is 0 Å². The Kier molecular flexibility index (Phi) is 2.40. The minimum absolute atomic E-state index is 0.655. The number of nitrogens with one attached hydrogen (secondary N) is 1. The maximum Gasteiger partial charge on any atom is 0.235 e. The van der Waals surface area contributed by atoms with Crippen molar-refractivity contribution in [3.05, 3.63) is 42.1 Å². The molecule has 0 aliphatic heterocycles. The van der Waals surface area contributed by atoms with Crippen LogP contribution in [0.5, 0.6) is 0 Å². The molecule has 0 fully saturated rings. The zero-order valence-corrected chi connectivity index (χ0v) is 11.4. The lowest BCUT2D eigenvalue weighted by Gasteiger charge is -1.93. The minimum Gasteiger partial charge on any atom is -0.282 e. The molecule has 1 aromatic carbocycles. The summed E-state index contributed by atoms with van der Waals surface area (Å²) in [6.07, 6.45) is 0. The van der Waals surface area contributed by atoms with Crippen molar-refractivity contribution in [2.24, 2.45) is 0 Å². The van der Waals surface area contributed by atoms with Crippen molar-refractivity contribution in [1.82, 2.24) is 30.0 Å². The van der Waals surface area contributed by atoms with E-state index in [4.69, 9.17) is 0 Å². The molecule has 1 N–H and O–H groups in total. The third kappa shape index (κ3) is 1.71. The van der Waals surface area contributed by atoms with Crippen LogP contribution in [0.1, 0.15) is 5.69 Å². The molecule has 0 atom stereocenters. The lowest BCUT2D eigenvalue weighted by Crippen LogP contribution is -1.91. The van der Waals surface area contributed by atoms with Gasteiger partial charge in [-0.2, -0.15) is 14.7 Å². The third-order valence-electron chi connectivity index (χ3n) is 2.95. The second-order valence-electron chi connectivity index (χ2n) is 4.43. The minimum atomic E-state index is 0.655. The molecular weight excluding hydrogens is 272 g/mol. The first kappa shape index (κ1) is 11.3. The van der Waals surface area contributed by atoms with E-state index in [1.165, 1.54) is 11.3 Å². The van der Waals surface area contributed by atoms with Crippen molar-refractivity contribution < 1.29 is 0 Å². The highest BCUT2D eigenvalue weighted by Crippen LogP contribution is 2.27. The summed E-state index contributed by atoms with van der Waals surface area (Å²) in [5.41, 5.74) is 2.81. The monoisotopic (exact) mass is 282 g/mol. The van der Waals surface area contributed by atoms with Crippen LogP contribution in [0, 0.1) is 6.92 Å².